The van der Waals surface area contributed by atoms with E-state index in [0.29, 0.717) is 6.42 Å². The molecular weight excluding hydrogens is 256 g/mol. The molecule has 0 spiro atoms. The zero-order valence-electron chi connectivity index (χ0n) is 13.0. The molecule has 0 aromatic rings. The van der Waals surface area contributed by atoms with Gasteiger partial charge in [0.2, 0.25) is 0 Å². The molecule has 4 nitrogen and oxygen atoms in total. The molecule has 0 aromatic heterocycles. The van der Waals surface area contributed by atoms with Crippen LogP contribution in [-0.2, 0) is 9.53 Å². The minimum atomic E-state index is -0.952. The Morgan fingerprint density at radius 1 is 0.950 bits per heavy atom. The third-order valence-corrected chi connectivity index (χ3v) is 3.38. The summed E-state index contributed by atoms with van der Waals surface area (Å²) in [5.74, 6) is -0.280. The fourth-order valence-electron chi connectivity index (χ4n) is 2.07. The molecule has 0 bridgehead atoms. The van der Waals surface area contributed by atoms with Crippen molar-refractivity contribution in [3.63, 3.8) is 0 Å². The third kappa shape index (κ3) is 13.8. The quantitative estimate of drug-likeness (QED) is 0.380. The van der Waals surface area contributed by atoms with Crippen LogP contribution in [0.15, 0.2) is 0 Å². The van der Waals surface area contributed by atoms with Crippen LogP contribution in [0.1, 0.15) is 77.6 Å². The predicted octanol–water partition coefficient (Wildman–Crippen LogP) is 3.19. The summed E-state index contributed by atoms with van der Waals surface area (Å²) in [6.45, 7) is 1.76. The molecule has 0 heterocycles. The van der Waals surface area contributed by atoms with Crippen molar-refractivity contribution in [2.75, 3.05) is 13.2 Å². The van der Waals surface area contributed by atoms with Gasteiger partial charge in [-0.15, -0.1) is 0 Å². The van der Waals surface area contributed by atoms with E-state index < -0.39 is 6.10 Å². The van der Waals surface area contributed by atoms with Gasteiger partial charge in [0.15, 0.2) is 0 Å². The lowest BCUT2D eigenvalue weighted by Crippen LogP contribution is -2.21. The Morgan fingerprint density at radius 2 is 1.45 bits per heavy atom. The number of hydrogen-bond donors (Lipinski definition) is 2. The van der Waals surface area contributed by atoms with Crippen molar-refractivity contribution in [3.05, 3.63) is 0 Å². The minimum Gasteiger partial charge on any atom is -0.463 e. The van der Waals surface area contributed by atoms with Crippen molar-refractivity contribution in [1.82, 2.24) is 0 Å². The van der Waals surface area contributed by atoms with Gasteiger partial charge in [0, 0.05) is 6.42 Å². The van der Waals surface area contributed by atoms with Crippen molar-refractivity contribution in [2.45, 2.75) is 83.7 Å². The molecule has 0 aliphatic heterocycles. The highest BCUT2D eigenvalue weighted by Gasteiger charge is 2.07. The Hall–Kier alpha value is -0.610. The lowest BCUT2D eigenvalue weighted by Gasteiger charge is -2.08. The van der Waals surface area contributed by atoms with Crippen LogP contribution in [-0.4, -0.2) is 35.5 Å². The maximum absolute atomic E-state index is 11.3. The Bertz CT molecular complexity index is 219. The predicted molar refractivity (Wildman–Crippen MR) is 80.5 cm³/mol. The van der Waals surface area contributed by atoms with E-state index in [0.717, 1.165) is 12.8 Å². The number of aliphatic hydroxyl groups is 2. The lowest BCUT2D eigenvalue weighted by molar-refractivity contribution is -0.147. The van der Waals surface area contributed by atoms with E-state index in [9.17, 15) is 4.79 Å². The number of aliphatic hydroxyl groups excluding tert-OH is 2. The molecule has 0 aromatic carbocycles. The first kappa shape index (κ1) is 19.4. The van der Waals surface area contributed by atoms with Gasteiger partial charge in [-0.2, -0.15) is 0 Å². The van der Waals surface area contributed by atoms with E-state index in [2.05, 4.69) is 6.92 Å². The second-order valence-electron chi connectivity index (χ2n) is 5.45. The monoisotopic (exact) mass is 288 g/mol. The van der Waals surface area contributed by atoms with E-state index in [1.165, 1.54) is 51.4 Å². The smallest absolute Gasteiger partial charge is 0.305 e. The van der Waals surface area contributed by atoms with Gasteiger partial charge in [-0.05, 0) is 6.42 Å². The molecule has 1 unspecified atom stereocenters. The van der Waals surface area contributed by atoms with Gasteiger partial charge >= 0.3 is 5.97 Å². The van der Waals surface area contributed by atoms with Gasteiger partial charge in [0.25, 0.3) is 0 Å². The van der Waals surface area contributed by atoms with Crippen LogP contribution < -0.4 is 0 Å². The number of rotatable bonds is 14. The molecule has 0 saturated heterocycles. The summed E-state index contributed by atoms with van der Waals surface area (Å²) in [6.07, 6.45) is 11.8. The summed E-state index contributed by atoms with van der Waals surface area (Å²) in [7, 11) is 0. The zero-order valence-corrected chi connectivity index (χ0v) is 13.0. The van der Waals surface area contributed by atoms with Crippen molar-refractivity contribution < 1.29 is 19.7 Å². The Balaban J connectivity index is 3.17. The summed E-state index contributed by atoms with van der Waals surface area (Å²) in [6, 6.07) is 0. The Morgan fingerprint density at radius 3 is 1.95 bits per heavy atom. The molecule has 0 saturated carbocycles. The second kappa shape index (κ2) is 14.8. The summed E-state index contributed by atoms with van der Waals surface area (Å²) in [4.78, 5) is 11.3. The van der Waals surface area contributed by atoms with E-state index in [-0.39, 0.29) is 19.2 Å². The van der Waals surface area contributed by atoms with Crippen LogP contribution in [0.2, 0.25) is 0 Å². The number of carbonyl (C=O) groups is 1. The summed E-state index contributed by atoms with van der Waals surface area (Å²) >= 11 is 0. The highest BCUT2D eigenvalue weighted by Crippen LogP contribution is 2.11. The van der Waals surface area contributed by atoms with Gasteiger partial charge in [-0.3, -0.25) is 4.79 Å². The molecule has 0 amide bonds. The van der Waals surface area contributed by atoms with Gasteiger partial charge in [0.1, 0.15) is 12.7 Å². The number of ether oxygens (including phenoxy) is 1. The molecule has 2 N–H and O–H groups in total. The summed E-state index contributed by atoms with van der Waals surface area (Å²) in [5.41, 5.74) is 0. The van der Waals surface area contributed by atoms with Gasteiger partial charge in [0.05, 0.1) is 6.61 Å². The van der Waals surface area contributed by atoms with E-state index in [1.807, 2.05) is 0 Å². The van der Waals surface area contributed by atoms with Gasteiger partial charge in [-0.25, -0.2) is 0 Å². The van der Waals surface area contributed by atoms with Crippen LogP contribution in [0.4, 0.5) is 0 Å². The largest absolute Gasteiger partial charge is 0.463 e. The first-order valence-electron chi connectivity index (χ1n) is 8.15. The first-order chi connectivity index (χ1) is 9.70. The fraction of sp³-hybridized carbons (Fsp3) is 0.938. The van der Waals surface area contributed by atoms with Gasteiger partial charge in [-0.1, -0.05) is 64.7 Å². The average molecular weight is 288 g/mol. The number of esters is 1. The zero-order chi connectivity index (χ0) is 15.1. The topological polar surface area (TPSA) is 66.8 Å². The van der Waals surface area contributed by atoms with Crippen LogP contribution in [0.3, 0.4) is 0 Å². The van der Waals surface area contributed by atoms with Crippen LogP contribution >= 0.6 is 0 Å². The Labute approximate surface area is 123 Å². The highest BCUT2D eigenvalue weighted by molar-refractivity contribution is 5.69. The van der Waals surface area contributed by atoms with E-state index in [1.54, 1.807) is 0 Å². The molecule has 0 rings (SSSR count). The maximum Gasteiger partial charge on any atom is 0.305 e. The van der Waals surface area contributed by atoms with E-state index >= 15 is 0 Å². The molecule has 4 heteroatoms. The summed E-state index contributed by atoms with van der Waals surface area (Å²) in [5, 5.41) is 17.6. The molecule has 120 valence electrons. The second-order valence-corrected chi connectivity index (χ2v) is 5.45. The van der Waals surface area contributed by atoms with Crippen molar-refractivity contribution in [1.29, 1.82) is 0 Å². The lowest BCUT2D eigenvalue weighted by atomic mass is 10.1. The third-order valence-electron chi connectivity index (χ3n) is 3.38. The first-order valence-corrected chi connectivity index (χ1v) is 8.15. The molecule has 0 aliphatic rings. The van der Waals surface area contributed by atoms with Crippen molar-refractivity contribution in [2.24, 2.45) is 0 Å². The van der Waals surface area contributed by atoms with Gasteiger partial charge < -0.3 is 14.9 Å². The SMILES string of the molecule is CCCCCCCCCCCCC(=O)OCC(O)CO. The van der Waals surface area contributed by atoms with Crippen LogP contribution in [0.25, 0.3) is 0 Å². The number of carbonyl (C=O) groups excluding carboxylic acids is 1. The fourth-order valence-corrected chi connectivity index (χ4v) is 2.07. The standard InChI is InChI=1S/C16H32O4/c1-2-3-4-5-6-7-8-9-10-11-12-16(19)20-14-15(18)13-17/h15,17-18H,2-14H2,1H3. The number of unbranched alkanes of at least 4 members (excludes halogenated alkanes) is 9. The van der Waals surface area contributed by atoms with Crippen LogP contribution in [0, 0.1) is 0 Å². The highest BCUT2D eigenvalue weighted by atomic mass is 16.5. The number of hydrogen-bond acceptors (Lipinski definition) is 4. The van der Waals surface area contributed by atoms with E-state index in [4.69, 9.17) is 14.9 Å². The van der Waals surface area contributed by atoms with Crippen LogP contribution in [0.5, 0.6) is 0 Å². The molecule has 1 atom stereocenters. The summed E-state index contributed by atoms with van der Waals surface area (Å²) < 4.78 is 4.83. The minimum absolute atomic E-state index is 0.104. The molecule has 0 fully saturated rings. The van der Waals surface area contributed by atoms with Crippen molar-refractivity contribution in [3.8, 4) is 0 Å². The van der Waals surface area contributed by atoms with Crippen molar-refractivity contribution >= 4 is 5.97 Å². The Kier molecular flexibility index (Phi) is 14.3. The molecule has 0 aliphatic carbocycles. The molecule has 20 heavy (non-hydrogen) atoms. The maximum atomic E-state index is 11.3. The molecular formula is C16H32O4. The molecule has 0 radical (unpaired) electrons. The average Bonchev–Trinajstić information content (AvgIpc) is 2.46. The normalized spacial score (nSPS) is 12.3.